The third kappa shape index (κ3) is 4.83. The van der Waals surface area contributed by atoms with Crippen molar-refractivity contribution in [1.82, 2.24) is 20.0 Å². The van der Waals surface area contributed by atoms with Gasteiger partial charge in [-0.25, -0.2) is 9.18 Å². The van der Waals surface area contributed by atoms with Crippen LogP contribution in [0.15, 0.2) is 24.3 Å². The lowest BCUT2D eigenvalue weighted by molar-refractivity contribution is -0.140. The largest absolute Gasteiger partial charge is 0.333 e. The van der Waals surface area contributed by atoms with Crippen LogP contribution >= 0.6 is 12.4 Å². The second kappa shape index (κ2) is 9.76. The summed E-state index contributed by atoms with van der Waals surface area (Å²) in [7, 11) is 0. The molecule has 2 atom stereocenters. The van der Waals surface area contributed by atoms with E-state index in [1.807, 2.05) is 20.8 Å². The number of urea groups is 1. The summed E-state index contributed by atoms with van der Waals surface area (Å²) in [5.74, 6) is -0.361. The molecule has 3 amide bonds. The molecule has 1 aromatic carbocycles. The normalized spacial score (nSPS) is 24.9. The Balaban J connectivity index is 0.00000240. The average Bonchev–Trinajstić information content (AvgIpc) is 3.28. The van der Waals surface area contributed by atoms with Crippen LogP contribution in [0.5, 0.6) is 0 Å². The van der Waals surface area contributed by atoms with Crippen molar-refractivity contribution in [2.24, 2.45) is 5.92 Å². The Hall–Kier alpha value is -1.86. The first-order valence-electron chi connectivity index (χ1n) is 10.4. The molecule has 0 saturated carbocycles. The average molecular weight is 425 g/mol. The third-order valence-corrected chi connectivity index (χ3v) is 6.18. The minimum Gasteiger partial charge on any atom is -0.333 e. The number of piperidine rings is 1. The molecule has 2 unspecified atom stereocenters. The maximum Gasteiger partial charge on any atom is 0.320 e. The van der Waals surface area contributed by atoms with Crippen LogP contribution in [-0.4, -0.2) is 72.5 Å². The van der Waals surface area contributed by atoms with Gasteiger partial charge in [-0.3, -0.25) is 4.79 Å². The number of carbonyl (C=O) groups is 2. The lowest BCUT2D eigenvalue weighted by Gasteiger charge is -2.41. The second-order valence-corrected chi connectivity index (χ2v) is 8.07. The number of amides is 3. The van der Waals surface area contributed by atoms with Crippen molar-refractivity contribution in [2.45, 2.75) is 31.7 Å². The maximum atomic E-state index is 13.7. The zero-order chi connectivity index (χ0) is 19.5. The highest BCUT2D eigenvalue weighted by Crippen LogP contribution is 2.28. The highest BCUT2D eigenvalue weighted by atomic mass is 35.5. The Kier molecular flexibility index (Phi) is 7.35. The van der Waals surface area contributed by atoms with Gasteiger partial charge in [0.1, 0.15) is 5.82 Å². The minimum absolute atomic E-state index is 0. The molecule has 0 radical (unpaired) electrons. The minimum atomic E-state index is -0.282. The van der Waals surface area contributed by atoms with Crippen LogP contribution in [0.1, 0.15) is 37.3 Å². The molecule has 3 saturated heterocycles. The summed E-state index contributed by atoms with van der Waals surface area (Å²) in [4.78, 5) is 31.8. The number of halogens is 2. The monoisotopic (exact) mass is 424 g/mol. The smallest absolute Gasteiger partial charge is 0.320 e. The van der Waals surface area contributed by atoms with E-state index < -0.39 is 0 Å². The molecule has 0 bridgehead atoms. The van der Waals surface area contributed by atoms with E-state index in [1.54, 1.807) is 6.07 Å². The fourth-order valence-corrected chi connectivity index (χ4v) is 4.68. The molecule has 4 rings (SSSR count). The summed E-state index contributed by atoms with van der Waals surface area (Å²) >= 11 is 0. The van der Waals surface area contributed by atoms with Gasteiger partial charge in [-0.2, -0.15) is 0 Å². The molecule has 1 aromatic rings. The Morgan fingerprint density at radius 1 is 1.03 bits per heavy atom. The number of rotatable bonds is 2. The van der Waals surface area contributed by atoms with Gasteiger partial charge < -0.3 is 20.0 Å². The van der Waals surface area contributed by atoms with E-state index in [1.165, 1.54) is 12.1 Å². The predicted molar refractivity (Wildman–Crippen MR) is 111 cm³/mol. The van der Waals surface area contributed by atoms with Gasteiger partial charge in [-0.1, -0.05) is 12.1 Å². The fraction of sp³-hybridized carbons (Fsp3) is 0.619. The van der Waals surface area contributed by atoms with Crippen LogP contribution in [0, 0.1) is 11.7 Å². The first-order chi connectivity index (χ1) is 13.6. The molecule has 3 fully saturated rings. The maximum absolute atomic E-state index is 13.7. The summed E-state index contributed by atoms with van der Waals surface area (Å²) < 4.78 is 13.7. The predicted octanol–water partition coefficient (Wildman–Crippen LogP) is 2.65. The Labute approximate surface area is 177 Å². The molecule has 0 aliphatic carbocycles. The van der Waals surface area contributed by atoms with E-state index in [4.69, 9.17) is 0 Å². The Morgan fingerprint density at radius 2 is 1.79 bits per heavy atom. The third-order valence-electron chi connectivity index (χ3n) is 6.18. The molecule has 3 aliphatic rings. The molecule has 0 spiro atoms. The van der Waals surface area contributed by atoms with Crippen LogP contribution in [0.4, 0.5) is 9.18 Å². The summed E-state index contributed by atoms with van der Waals surface area (Å²) in [6.45, 7) is 4.85. The van der Waals surface area contributed by atoms with Crippen molar-refractivity contribution in [3.63, 3.8) is 0 Å². The number of nitrogens with one attached hydrogen (secondary N) is 1. The van der Waals surface area contributed by atoms with Crippen LogP contribution in [0.2, 0.25) is 0 Å². The van der Waals surface area contributed by atoms with Gasteiger partial charge in [-0.05, 0) is 43.4 Å². The van der Waals surface area contributed by atoms with Gasteiger partial charge in [0.25, 0.3) is 0 Å². The first-order valence-corrected chi connectivity index (χ1v) is 10.4. The van der Waals surface area contributed by atoms with E-state index in [2.05, 4.69) is 5.32 Å². The van der Waals surface area contributed by atoms with Crippen molar-refractivity contribution in [1.29, 1.82) is 0 Å². The van der Waals surface area contributed by atoms with E-state index in [9.17, 15) is 14.0 Å². The number of likely N-dealkylation sites (tertiary alicyclic amines) is 2. The molecular weight excluding hydrogens is 395 g/mol. The summed E-state index contributed by atoms with van der Waals surface area (Å²) in [6.07, 6.45) is 3.80. The van der Waals surface area contributed by atoms with Gasteiger partial charge in [0.15, 0.2) is 0 Å². The van der Waals surface area contributed by atoms with Crippen LogP contribution in [0.25, 0.3) is 0 Å². The fourth-order valence-electron chi connectivity index (χ4n) is 4.68. The zero-order valence-corrected chi connectivity index (χ0v) is 17.5. The second-order valence-electron chi connectivity index (χ2n) is 8.07. The molecule has 0 aromatic heterocycles. The quantitative estimate of drug-likeness (QED) is 0.794. The summed E-state index contributed by atoms with van der Waals surface area (Å²) in [6, 6.07) is 6.43. The number of piperazine rings is 1. The summed E-state index contributed by atoms with van der Waals surface area (Å²) in [5, 5.41) is 3.32. The van der Waals surface area contributed by atoms with Crippen LogP contribution in [-0.2, 0) is 4.79 Å². The molecule has 29 heavy (non-hydrogen) atoms. The first kappa shape index (κ1) is 21.8. The van der Waals surface area contributed by atoms with Gasteiger partial charge in [0.05, 0.1) is 12.0 Å². The highest BCUT2D eigenvalue weighted by molar-refractivity contribution is 5.85. The molecule has 1 N–H and O–H groups in total. The topological polar surface area (TPSA) is 55.9 Å². The number of hydrogen-bond donors (Lipinski definition) is 1. The van der Waals surface area contributed by atoms with Gasteiger partial charge in [-0.15, -0.1) is 12.4 Å². The lowest BCUT2D eigenvalue weighted by atomic mass is 9.94. The van der Waals surface area contributed by atoms with Crippen LogP contribution in [0.3, 0.4) is 0 Å². The van der Waals surface area contributed by atoms with Gasteiger partial charge in [0, 0.05) is 45.8 Å². The molecular formula is C21H30ClFN4O2. The molecule has 8 heteroatoms. The number of benzene rings is 1. The molecule has 3 heterocycles. The van der Waals surface area contributed by atoms with E-state index in [0.717, 1.165) is 57.4 Å². The van der Waals surface area contributed by atoms with E-state index in [0.29, 0.717) is 19.6 Å². The van der Waals surface area contributed by atoms with E-state index in [-0.39, 0.29) is 42.1 Å². The van der Waals surface area contributed by atoms with E-state index >= 15 is 0 Å². The van der Waals surface area contributed by atoms with Crippen molar-refractivity contribution in [3.8, 4) is 0 Å². The number of nitrogens with zero attached hydrogens (tertiary/aromatic N) is 3. The van der Waals surface area contributed by atoms with Crippen LogP contribution < -0.4 is 5.32 Å². The zero-order valence-electron chi connectivity index (χ0n) is 16.7. The molecule has 6 nitrogen and oxygen atoms in total. The number of carbonyl (C=O) groups excluding carboxylic acids is 2. The van der Waals surface area contributed by atoms with Crippen molar-refractivity contribution >= 4 is 24.3 Å². The lowest BCUT2D eigenvalue weighted by Crippen LogP contribution is -2.54. The van der Waals surface area contributed by atoms with Crippen molar-refractivity contribution < 1.29 is 14.0 Å². The van der Waals surface area contributed by atoms with Crippen molar-refractivity contribution in [3.05, 3.63) is 35.6 Å². The van der Waals surface area contributed by atoms with Gasteiger partial charge in [0.2, 0.25) is 5.91 Å². The molecule has 160 valence electrons. The van der Waals surface area contributed by atoms with Crippen molar-refractivity contribution in [2.75, 3.05) is 45.8 Å². The SMILES string of the molecule is Cl.O=C(N1CCCC1)N1CCCC(C(=O)N2CCNCC2c2cccc(F)c2)C1. The van der Waals surface area contributed by atoms with Gasteiger partial charge >= 0.3 is 6.03 Å². The molecule has 3 aliphatic heterocycles. The standard InChI is InChI=1S/C21H29FN4O2.ClH/c22-18-7-3-5-16(13-18)19-14-23-8-12-26(19)20(27)17-6-4-11-25(15-17)21(28)24-9-1-2-10-24;/h3,5,7,13,17,19,23H,1-2,4,6,8-12,14-15H2;1H. The number of hydrogen-bond acceptors (Lipinski definition) is 3. The Bertz CT molecular complexity index is 728. The highest BCUT2D eigenvalue weighted by Gasteiger charge is 2.36. The summed E-state index contributed by atoms with van der Waals surface area (Å²) in [5.41, 5.74) is 0.821. The Morgan fingerprint density at radius 3 is 2.55 bits per heavy atom.